The van der Waals surface area contributed by atoms with Crippen molar-refractivity contribution in [1.29, 1.82) is 0 Å². The molecule has 5 nitrogen and oxygen atoms in total. The molecule has 2 aromatic carbocycles. The summed E-state index contributed by atoms with van der Waals surface area (Å²) in [6.07, 6.45) is 2.78. The molecule has 4 rings (SSSR count). The van der Waals surface area contributed by atoms with Gasteiger partial charge < -0.3 is 10.4 Å². The number of carbonyl (C=O) groups excluding carboxylic acids is 1. The molecule has 140 valence electrons. The van der Waals surface area contributed by atoms with Crippen molar-refractivity contribution in [1.82, 2.24) is 10.2 Å². The van der Waals surface area contributed by atoms with E-state index in [2.05, 4.69) is 10.2 Å². The molecule has 2 aliphatic heterocycles. The second kappa shape index (κ2) is 7.16. The van der Waals surface area contributed by atoms with E-state index in [0.717, 1.165) is 50.0 Å². The third-order valence-electron chi connectivity index (χ3n) is 5.92. The Bertz CT molecular complexity index is 824. The van der Waals surface area contributed by atoms with E-state index in [1.807, 2.05) is 42.5 Å². The van der Waals surface area contributed by atoms with Crippen molar-refractivity contribution in [3.05, 3.63) is 71.3 Å². The van der Waals surface area contributed by atoms with Crippen LogP contribution in [0.15, 0.2) is 54.6 Å². The summed E-state index contributed by atoms with van der Waals surface area (Å²) in [7, 11) is 0. The summed E-state index contributed by atoms with van der Waals surface area (Å²) in [6.45, 7) is 2.68. The molecule has 0 bridgehead atoms. The van der Waals surface area contributed by atoms with E-state index in [1.54, 1.807) is 12.1 Å². The molecular weight excluding hydrogens is 340 g/mol. The highest BCUT2D eigenvalue weighted by Gasteiger charge is 2.45. The summed E-state index contributed by atoms with van der Waals surface area (Å²) in [5.74, 6) is -0.786. The Balaban J connectivity index is 1.36. The van der Waals surface area contributed by atoms with Gasteiger partial charge in [0, 0.05) is 25.2 Å². The number of carboxylic acids is 1. The maximum Gasteiger partial charge on any atom is 0.335 e. The quantitative estimate of drug-likeness (QED) is 0.875. The lowest BCUT2D eigenvalue weighted by Crippen LogP contribution is -2.50. The first kappa shape index (κ1) is 17.7. The summed E-state index contributed by atoms with van der Waals surface area (Å²) >= 11 is 0. The van der Waals surface area contributed by atoms with Gasteiger partial charge in [0.2, 0.25) is 5.91 Å². The minimum absolute atomic E-state index is 0.0405. The van der Waals surface area contributed by atoms with Gasteiger partial charge in [-0.3, -0.25) is 9.69 Å². The number of benzene rings is 2. The van der Waals surface area contributed by atoms with E-state index < -0.39 is 5.97 Å². The summed E-state index contributed by atoms with van der Waals surface area (Å²) < 4.78 is 0. The monoisotopic (exact) mass is 364 g/mol. The predicted octanol–water partition coefficient (Wildman–Crippen LogP) is 3.02. The molecule has 27 heavy (non-hydrogen) atoms. The number of likely N-dealkylation sites (tertiary alicyclic amines) is 1. The highest BCUT2D eigenvalue weighted by atomic mass is 16.4. The first-order valence-corrected chi connectivity index (χ1v) is 9.46. The third-order valence-corrected chi connectivity index (χ3v) is 5.92. The number of hydrogen-bond donors (Lipinski definition) is 2. The van der Waals surface area contributed by atoms with Gasteiger partial charge in [-0.05, 0) is 42.5 Å². The molecule has 1 spiro atoms. The summed E-state index contributed by atoms with van der Waals surface area (Å²) in [6, 6.07) is 17.1. The molecule has 2 aliphatic rings. The number of amides is 1. The smallest absolute Gasteiger partial charge is 0.335 e. The zero-order valence-electron chi connectivity index (χ0n) is 15.2. The van der Waals surface area contributed by atoms with Gasteiger partial charge in [0.15, 0.2) is 0 Å². The second-order valence-electron chi connectivity index (χ2n) is 7.72. The van der Waals surface area contributed by atoms with E-state index in [0.29, 0.717) is 5.56 Å². The molecule has 0 saturated carbocycles. The molecule has 0 aliphatic carbocycles. The lowest BCUT2D eigenvalue weighted by atomic mass is 9.82. The van der Waals surface area contributed by atoms with Gasteiger partial charge in [-0.25, -0.2) is 4.79 Å². The van der Waals surface area contributed by atoms with E-state index >= 15 is 0 Å². The van der Waals surface area contributed by atoms with Gasteiger partial charge in [0.05, 0.1) is 11.5 Å². The number of carbonyl (C=O) groups is 2. The minimum Gasteiger partial charge on any atom is -0.478 e. The number of aromatic carboxylic acids is 1. The predicted molar refractivity (Wildman–Crippen MR) is 103 cm³/mol. The molecule has 2 saturated heterocycles. The fourth-order valence-electron chi connectivity index (χ4n) is 4.32. The van der Waals surface area contributed by atoms with Gasteiger partial charge in [-0.2, -0.15) is 0 Å². The van der Waals surface area contributed by atoms with Crippen molar-refractivity contribution in [2.75, 3.05) is 13.1 Å². The number of carboxylic acid groups (broad SMARTS) is 1. The fourth-order valence-corrected chi connectivity index (χ4v) is 4.32. The minimum atomic E-state index is -0.897. The Hall–Kier alpha value is -2.66. The van der Waals surface area contributed by atoms with Crippen LogP contribution in [-0.4, -0.2) is 40.5 Å². The SMILES string of the molecule is O=C(O)c1ccc(CN2CCC3(CC2)CC(c2ccccc2)C(=O)N3)cc1. The number of hydrogen-bond acceptors (Lipinski definition) is 3. The van der Waals surface area contributed by atoms with Crippen LogP contribution in [0.3, 0.4) is 0 Å². The van der Waals surface area contributed by atoms with Crippen LogP contribution in [0.4, 0.5) is 0 Å². The highest BCUT2D eigenvalue weighted by Crippen LogP contribution is 2.39. The largest absolute Gasteiger partial charge is 0.478 e. The average molecular weight is 364 g/mol. The van der Waals surface area contributed by atoms with Crippen molar-refractivity contribution in [2.24, 2.45) is 0 Å². The molecule has 1 atom stereocenters. The molecule has 0 radical (unpaired) electrons. The van der Waals surface area contributed by atoms with Crippen molar-refractivity contribution in [3.8, 4) is 0 Å². The standard InChI is InChI=1S/C22H24N2O3/c25-20-19(17-4-2-1-3-5-17)14-22(23-20)10-12-24(13-11-22)15-16-6-8-18(9-7-16)21(26)27/h1-9,19H,10-15H2,(H,23,25)(H,26,27). The summed E-state index contributed by atoms with van der Waals surface area (Å²) in [4.78, 5) is 25.9. The molecule has 2 N–H and O–H groups in total. The Morgan fingerprint density at radius 2 is 1.74 bits per heavy atom. The first-order valence-electron chi connectivity index (χ1n) is 9.46. The fraction of sp³-hybridized carbons (Fsp3) is 0.364. The lowest BCUT2D eigenvalue weighted by Gasteiger charge is -2.39. The van der Waals surface area contributed by atoms with Crippen molar-refractivity contribution < 1.29 is 14.7 Å². The van der Waals surface area contributed by atoms with Gasteiger partial charge in [0.25, 0.3) is 0 Å². The van der Waals surface area contributed by atoms with Crippen LogP contribution in [0.25, 0.3) is 0 Å². The third kappa shape index (κ3) is 3.74. The van der Waals surface area contributed by atoms with E-state index in [9.17, 15) is 9.59 Å². The molecule has 0 aromatic heterocycles. The number of piperidine rings is 1. The molecular formula is C22H24N2O3. The van der Waals surface area contributed by atoms with Crippen LogP contribution in [0.2, 0.25) is 0 Å². The van der Waals surface area contributed by atoms with E-state index in [-0.39, 0.29) is 17.4 Å². The Kier molecular flexibility index (Phi) is 4.70. The van der Waals surface area contributed by atoms with Crippen molar-refractivity contribution in [3.63, 3.8) is 0 Å². The van der Waals surface area contributed by atoms with Crippen LogP contribution >= 0.6 is 0 Å². The van der Waals surface area contributed by atoms with Crippen LogP contribution in [0.5, 0.6) is 0 Å². The maximum absolute atomic E-state index is 12.5. The highest BCUT2D eigenvalue weighted by molar-refractivity contribution is 5.87. The molecule has 2 fully saturated rings. The van der Waals surface area contributed by atoms with Crippen LogP contribution in [0.1, 0.15) is 46.7 Å². The normalized spacial score (nSPS) is 21.9. The van der Waals surface area contributed by atoms with E-state index in [4.69, 9.17) is 5.11 Å². The van der Waals surface area contributed by atoms with Crippen LogP contribution < -0.4 is 5.32 Å². The van der Waals surface area contributed by atoms with Crippen molar-refractivity contribution in [2.45, 2.75) is 37.3 Å². The Labute approximate surface area is 159 Å². The molecule has 1 amide bonds. The zero-order chi connectivity index (χ0) is 18.9. The molecule has 2 heterocycles. The topological polar surface area (TPSA) is 69.6 Å². The molecule has 2 aromatic rings. The van der Waals surface area contributed by atoms with Crippen molar-refractivity contribution >= 4 is 11.9 Å². The second-order valence-corrected chi connectivity index (χ2v) is 7.72. The first-order chi connectivity index (χ1) is 13.0. The Morgan fingerprint density at radius 3 is 2.37 bits per heavy atom. The lowest BCUT2D eigenvalue weighted by molar-refractivity contribution is -0.121. The molecule has 1 unspecified atom stereocenters. The van der Waals surface area contributed by atoms with Crippen LogP contribution in [-0.2, 0) is 11.3 Å². The van der Waals surface area contributed by atoms with Gasteiger partial charge in [-0.1, -0.05) is 42.5 Å². The maximum atomic E-state index is 12.5. The van der Waals surface area contributed by atoms with Gasteiger partial charge in [0.1, 0.15) is 0 Å². The van der Waals surface area contributed by atoms with Gasteiger partial charge >= 0.3 is 5.97 Å². The van der Waals surface area contributed by atoms with E-state index in [1.165, 1.54) is 0 Å². The zero-order valence-corrected chi connectivity index (χ0v) is 15.2. The average Bonchev–Trinajstić information content (AvgIpc) is 3.01. The van der Waals surface area contributed by atoms with Crippen LogP contribution in [0, 0.1) is 0 Å². The number of nitrogens with one attached hydrogen (secondary N) is 1. The van der Waals surface area contributed by atoms with Gasteiger partial charge in [-0.15, -0.1) is 0 Å². The number of rotatable bonds is 4. The summed E-state index contributed by atoms with van der Waals surface area (Å²) in [5, 5.41) is 12.3. The molecule has 5 heteroatoms. The summed E-state index contributed by atoms with van der Waals surface area (Å²) in [5.41, 5.74) is 2.46. The number of nitrogens with zero attached hydrogens (tertiary/aromatic N) is 1. The Morgan fingerprint density at radius 1 is 1.07 bits per heavy atom.